The number of fused-ring (bicyclic) bond motifs is 1. The lowest BCUT2D eigenvalue weighted by atomic mass is 9.78. The lowest BCUT2D eigenvalue weighted by Gasteiger charge is -2.44. The van der Waals surface area contributed by atoms with Crippen LogP contribution in [0.15, 0.2) is 46.8 Å². The number of hydrogen-bond acceptors (Lipinski definition) is 4. The molecule has 0 bridgehead atoms. The summed E-state index contributed by atoms with van der Waals surface area (Å²) < 4.78 is 1.34. The maximum absolute atomic E-state index is 13.3. The summed E-state index contributed by atoms with van der Waals surface area (Å²) in [4.78, 5) is 34.5. The van der Waals surface area contributed by atoms with Crippen molar-refractivity contribution in [2.45, 2.75) is 53.0 Å². The highest BCUT2D eigenvalue weighted by Gasteiger charge is 2.39. The van der Waals surface area contributed by atoms with E-state index < -0.39 is 0 Å². The zero-order valence-electron chi connectivity index (χ0n) is 18.1. The van der Waals surface area contributed by atoms with Crippen molar-refractivity contribution >= 4 is 11.6 Å². The molecule has 0 saturated carbocycles. The molecule has 0 aromatic carbocycles. The summed E-state index contributed by atoms with van der Waals surface area (Å²) in [5, 5.41) is 2.96. The van der Waals surface area contributed by atoms with E-state index in [-0.39, 0.29) is 22.4 Å². The molecular formula is C23H29N5O2. The van der Waals surface area contributed by atoms with Crippen molar-refractivity contribution in [3.05, 3.63) is 63.7 Å². The molecule has 0 aliphatic carbocycles. The minimum atomic E-state index is -0.356. The highest BCUT2D eigenvalue weighted by atomic mass is 16.2. The number of likely N-dealkylation sites (tertiary alicyclic amines) is 1. The Balaban J connectivity index is 1.66. The van der Waals surface area contributed by atoms with E-state index >= 15 is 0 Å². The lowest BCUT2D eigenvalue weighted by molar-refractivity contribution is 0.0565. The molecule has 4 heterocycles. The Morgan fingerprint density at radius 1 is 1.37 bits per heavy atom. The monoisotopic (exact) mass is 407 g/mol. The first kappa shape index (κ1) is 20.2. The maximum Gasteiger partial charge on any atom is 0.285 e. The number of rotatable bonds is 3. The topological polar surface area (TPSA) is 73.7 Å². The van der Waals surface area contributed by atoms with E-state index in [0.717, 1.165) is 30.7 Å². The van der Waals surface area contributed by atoms with Crippen LogP contribution in [0.2, 0.25) is 0 Å². The van der Waals surface area contributed by atoms with Crippen molar-refractivity contribution in [2.24, 2.45) is 5.41 Å². The quantitative estimate of drug-likeness (QED) is 0.793. The van der Waals surface area contributed by atoms with Gasteiger partial charge in [0.1, 0.15) is 5.56 Å². The number of carbonyl (C=O) groups excluding carboxylic acids is 1. The first-order valence-corrected chi connectivity index (χ1v) is 10.6. The highest BCUT2D eigenvalue weighted by Crippen LogP contribution is 2.39. The molecule has 30 heavy (non-hydrogen) atoms. The lowest BCUT2D eigenvalue weighted by Crippen LogP contribution is -2.49. The average molecular weight is 408 g/mol. The third-order valence-corrected chi connectivity index (χ3v) is 5.98. The second-order valence-corrected chi connectivity index (χ2v) is 8.82. The van der Waals surface area contributed by atoms with E-state index in [4.69, 9.17) is 0 Å². The number of nitrogens with one attached hydrogen (secondary N) is 1. The van der Waals surface area contributed by atoms with Crippen LogP contribution in [0, 0.1) is 12.3 Å². The molecule has 0 spiro atoms. The maximum atomic E-state index is 13.3. The number of nitrogens with zero attached hydrogens (tertiary/aromatic N) is 4. The fourth-order valence-electron chi connectivity index (χ4n) is 4.47. The largest absolute Gasteiger partial charge is 0.342 e. The fraction of sp³-hybridized carbons (Fsp3) is 0.478. The van der Waals surface area contributed by atoms with Crippen LogP contribution in [0.5, 0.6) is 0 Å². The molecule has 2 aromatic heterocycles. The third-order valence-electron chi connectivity index (χ3n) is 5.98. The van der Waals surface area contributed by atoms with Gasteiger partial charge in [0.15, 0.2) is 5.65 Å². The van der Waals surface area contributed by atoms with Gasteiger partial charge in [0.05, 0.1) is 5.70 Å². The summed E-state index contributed by atoms with van der Waals surface area (Å²) in [5.41, 5.74) is 5.45. The first-order valence-electron chi connectivity index (χ1n) is 10.6. The van der Waals surface area contributed by atoms with E-state index in [1.165, 1.54) is 10.7 Å². The number of aromatic nitrogens is 3. The molecule has 1 fully saturated rings. The molecule has 2 aromatic rings. The van der Waals surface area contributed by atoms with Gasteiger partial charge in [-0.05, 0) is 46.1 Å². The molecule has 158 valence electrons. The third kappa shape index (κ3) is 3.50. The molecule has 1 N–H and O–H groups in total. The van der Waals surface area contributed by atoms with E-state index in [1.807, 2.05) is 6.92 Å². The number of allylic oxidation sites excluding steroid dienone is 1. The molecule has 1 saturated heterocycles. The zero-order chi connectivity index (χ0) is 21.5. The Morgan fingerprint density at radius 2 is 2.17 bits per heavy atom. The number of carbonyl (C=O) groups is 1. The number of aryl methyl sites for hydroxylation is 1. The molecule has 1 atom stereocenters. The second kappa shape index (κ2) is 7.65. The summed E-state index contributed by atoms with van der Waals surface area (Å²) in [5.74, 6) is -0.259. The van der Waals surface area contributed by atoms with Gasteiger partial charge in [-0.1, -0.05) is 13.0 Å². The van der Waals surface area contributed by atoms with Crippen molar-refractivity contribution in [3.63, 3.8) is 0 Å². The molecule has 7 nitrogen and oxygen atoms in total. The van der Waals surface area contributed by atoms with Gasteiger partial charge in [0.2, 0.25) is 0 Å². The average Bonchev–Trinajstić information content (AvgIpc) is 2.92. The van der Waals surface area contributed by atoms with E-state index in [2.05, 4.69) is 59.8 Å². The van der Waals surface area contributed by atoms with Crippen molar-refractivity contribution in [3.8, 4) is 0 Å². The van der Waals surface area contributed by atoms with Gasteiger partial charge in [-0.2, -0.15) is 0 Å². The van der Waals surface area contributed by atoms with Crippen LogP contribution < -0.4 is 5.56 Å². The highest BCUT2D eigenvalue weighted by molar-refractivity contribution is 5.93. The number of amides is 1. The Labute approximate surface area is 176 Å². The van der Waals surface area contributed by atoms with Gasteiger partial charge < -0.3 is 9.80 Å². The number of H-pyrrole nitrogens is 1. The standard InChI is InChI=1S/C23H29N5O2/c1-16(2)27-12-7-5-6-9-19(27)23(4)10-8-11-26(15-23)21(29)18-14-24-20-13-17(3)25-28(20)22(18)30/h6-7,12-14,16,25H,5,8,10-11,15H2,1-4H3. The summed E-state index contributed by atoms with van der Waals surface area (Å²) in [6, 6.07) is 2.08. The predicted octanol–water partition coefficient (Wildman–Crippen LogP) is 3.24. The van der Waals surface area contributed by atoms with E-state index in [1.54, 1.807) is 11.0 Å². The van der Waals surface area contributed by atoms with E-state index in [0.29, 0.717) is 24.8 Å². The van der Waals surface area contributed by atoms with Gasteiger partial charge in [-0.25, -0.2) is 9.50 Å². The summed E-state index contributed by atoms with van der Waals surface area (Å²) in [6.45, 7) is 9.55. The molecule has 2 aliphatic heterocycles. The van der Waals surface area contributed by atoms with Crippen LogP contribution >= 0.6 is 0 Å². The van der Waals surface area contributed by atoms with Gasteiger partial charge in [0.25, 0.3) is 11.5 Å². The van der Waals surface area contributed by atoms with Crippen molar-refractivity contribution in [1.82, 2.24) is 24.4 Å². The second-order valence-electron chi connectivity index (χ2n) is 8.82. The predicted molar refractivity (Wildman–Crippen MR) is 116 cm³/mol. The van der Waals surface area contributed by atoms with E-state index in [9.17, 15) is 9.59 Å². The first-order chi connectivity index (χ1) is 14.3. The fourth-order valence-corrected chi connectivity index (χ4v) is 4.47. The molecule has 4 rings (SSSR count). The van der Waals surface area contributed by atoms with Crippen LogP contribution in [-0.4, -0.2) is 49.4 Å². The van der Waals surface area contributed by atoms with Crippen molar-refractivity contribution < 1.29 is 4.79 Å². The minimum absolute atomic E-state index is 0.101. The molecule has 2 aliphatic rings. The number of hydrogen-bond donors (Lipinski definition) is 1. The molecule has 7 heteroatoms. The van der Waals surface area contributed by atoms with Crippen LogP contribution in [0.25, 0.3) is 5.65 Å². The summed E-state index contributed by atoms with van der Waals surface area (Å²) in [6.07, 6.45) is 10.4. The molecule has 0 radical (unpaired) electrons. The number of aromatic amines is 1. The Hall–Kier alpha value is -3.05. The smallest absolute Gasteiger partial charge is 0.285 e. The SMILES string of the molecule is Cc1cc2ncc(C(=O)N3CCCC(C)(C4=C=CCC=CN4C(C)C)C3)c(=O)n2[nH]1. The van der Waals surface area contributed by atoms with Crippen molar-refractivity contribution in [2.75, 3.05) is 13.1 Å². The zero-order valence-corrected chi connectivity index (χ0v) is 18.1. The normalized spacial score (nSPS) is 22.0. The van der Waals surface area contributed by atoms with Gasteiger partial charge in [0, 0.05) is 48.7 Å². The Morgan fingerprint density at radius 3 is 2.93 bits per heavy atom. The summed E-state index contributed by atoms with van der Waals surface area (Å²) in [7, 11) is 0. The molecule has 1 amide bonds. The molecular weight excluding hydrogens is 378 g/mol. The van der Waals surface area contributed by atoms with Gasteiger partial charge in [-0.3, -0.25) is 14.7 Å². The Bertz CT molecular complexity index is 1130. The van der Waals surface area contributed by atoms with Gasteiger partial charge in [-0.15, -0.1) is 5.73 Å². The summed E-state index contributed by atoms with van der Waals surface area (Å²) >= 11 is 0. The van der Waals surface area contributed by atoms with Gasteiger partial charge >= 0.3 is 0 Å². The number of piperidine rings is 1. The van der Waals surface area contributed by atoms with Crippen LogP contribution in [0.4, 0.5) is 0 Å². The van der Waals surface area contributed by atoms with Crippen LogP contribution in [0.1, 0.15) is 56.1 Å². The minimum Gasteiger partial charge on any atom is -0.342 e. The van der Waals surface area contributed by atoms with Crippen LogP contribution in [0.3, 0.4) is 0 Å². The molecule has 1 unspecified atom stereocenters. The Kier molecular flexibility index (Phi) is 5.16. The van der Waals surface area contributed by atoms with Crippen molar-refractivity contribution in [1.29, 1.82) is 0 Å². The van der Waals surface area contributed by atoms with Crippen LogP contribution in [-0.2, 0) is 0 Å².